The van der Waals surface area contributed by atoms with Crippen molar-refractivity contribution < 1.29 is 28.8 Å². The first-order chi connectivity index (χ1) is 21.8. The standard InChI is InChI=1S/C32H30N6O6S/c33-26(14-23-17-45-18-34-23)31(41)37-44-25-3-1-2-22(13-25)35-30(40)20-6-4-19(5-7-20)15-38(24-9-10-24)32(42)21-8-11-27-28(12-21)43-16-29(39)36-27/h1-8,11-13,17-18,24,26H,9-10,14-16,33H2,(H,35,40)(H,36,39)(H,37,41)/t26-/m0/s1. The molecule has 1 atom stereocenters. The number of hydrogen-bond donors (Lipinski definition) is 4. The van der Waals surface area contributed by atoms with Crippen LogP contribution >= 0.6 is 11.3 Å². The highest BCUT2D eigenvalue weighted by Gasteiger charge is 2.33. The number of nitrogens with zero attached hydrogens (tertiary/aromatic N) is 2. The Morgan fingerprint density at radius 1 is 1.09 bits per heavy atom. The van der Waals surface area contributed by atoms with Crippen molar-refractivity contribution in [2.45, 2.75) is 37.9 Å². The van der Waals surface area contributed by atoms with Crippen molar-refractivity contribution in [1.29, 1.82) is 0 Å². The molecule has 1 aliphatic carbocycles. The normalized spacial score (nSPS) is 14.3. The monoisotopic (exact) mass is 626 g/mol. The molecule has 1 aliphatic heterocycles. The lowest BCUT2D eigenvalue weighted by atomic mass is 10.1. The molecule has 3 aromatic carbocycles. The third-order valence-electron chi connectivity index (χ3n) is 7.29. The van der Waals surface area contributed by atoms with Crippen molar-refractivity contribution in [1.82, 2.24) is 15.4 Å². The van der Waals surface area contributed by atoms with Crippen molar-refractivity contribution >= 4 is 46.3 Å². The van der Waals surface area contributed by atoms with Crippen molar-refractivity contribution in [3.63, 3.8) is 0 Å². The van der Waals surface area contributed by atoms with Crippen LogP contribution in [0.25, 0.3) is 0 Å². The minimum absolute atomic E-state index is 0.0850. The maximum atomic E-state index is 13.4. The van der Waals surface area contributed by atoms with Crippen LogP contribution in [0.5, 0.6) is 11.5 Å². The van der Waals surface area contributed by atoms with Gasteiger partial charge in [-0.1, -0.05) is 18.2 Å². The second-order valence-electron chi connectivity index (χ2n) is 10.7. The van der Waals surface area contributed by atoms with Gasteiger partial charge in [-0.25, -0.2) is 4.98 Å². The van der Waals surface area contributed by atoms with Crippen molar-refractivity contribution in [3.8, 4) is 11.5 Å². The molecule has 13 heteroatoms. The van der Waals surface area contributed by atoms with E-state index in [0.29, 0.717) is 40.5 Å². The molecule has 0 spiro atoms. The van der Waals surface area contributed by atoms with Gasteiger partial charge >= 0.3 is 0 Å². The first-order valence-corrected chi connectivity index (χ1v) is 15.2. The Hall–Kier alpha value is -5.27. The number of thiazole rings is 1. The fraction of sp³-hybridized carbons (Fsp3) is 0.219. The molecular formula is C32H30N6O6S. The highest BCUT2D eigenvalue weighted by molar-refractivity contribution is 7.07. The molecule has 0 unspecified atom stereocenters. The van der Waals surface area contributed by atoms with E-state index in [1.165, 1.54) is 11.3 Å². The lowest BCUT2D eigenvalue weighted by molar-refractivity contribution is -0.129. The van der Waals surface area contributed by atoms with Crippen LogP contribution in [-0.2, 0) is 22.6 Å². The van der Waals surface area contributed by atoms with Gasteiger partial charge in [-0.2, -0.15) is 5.48 Å². The van der Waals surface area contributed by atoms with Crippen LogP contribution in [0.1, 0.15) is 44.8 Å². The van der Waals surface area contributed by atoms with E-state index in [1.807, 2.05) is 22.4 Å². The summed E-state index contributed by atoms with van der Waals surface area (Å²) in [6.07, 6.45) is 2.14. The molecule has 45 heavy (non-hydrogen) atoms. The van der Waals surface area contributed by atoms with Crippen LogP contribution in [0, 0.1) is 0 Å². The Morgan fingerprint density at radius 3 is 2.64 bits per heavy atom. The van der Waals surface area contributed by atoms with Crippen molar-refractivity contribution in [2.24, 2.45) is 5.73 Å². The number of hydrogen-bond acceptors (Lipinski definition) is 9. The largest absolute Gasteiger partial charge is 0.482 e. The van der Waals surface area contributed by atoms with E-state index < -0.39 is 11.9 Å². The molecule has 0 bridgehead atoms. The van der Waals surface area contributed by atoms with Gasteiger partial charge in [0.05, 0.1) is 22.9 Å². The third-order valence-corrected chi connectivity index (χ3v) is 7.92. The van der Waals surface area contributed by atoms with Gasteiger partial charge in [0.25, 0.3) is 23.6 Å². The summed E-state index contributed by atoms with van der Waals surface area (Å²) in [6.45, 7) is 0.303. The molecule has 230 valence electrons. The zero-order valence-corrected chi connectivity index (χ0v) is 24.8. The van der Waals surface area contributed by atoms with Gasteiger partial charge in [-0.3, -0.25) is 19.2 Å². The quantitative estimate of drug-likeness (QED) is 0.184. The number of aromatic nitrogens is 1. The number of carbonyl (C=O) groups is 4. The molecule has 1 saturated carbocycles. The maximum absolute atomic E-state index is 13.4. The van der Waals surface area contributed by atoms with E-state index in [-0.39, 0.29) is 36.8 Å². The number of amides is 4. The molecular weight excluding hydrogens is 596 g/mol. The Bertz CT molecular complexity index is 1720. The Morgan fingerprint density at radius 2 is 1.89 bits per heavy atom. The van der Waals surface area contributed by atoms with Crippen LogP contribution < -0.4 is 31.4 Å². The van der Waals surface area contributed by atoms with Crippen LogP contribution in [0.2, 0.25) is 0 Å². The number of nitrogens with two attached hydrogens (primary N) is 1. The van der Waals surface area contributed by atoms with Crippen LogP contribution in [-0.4, -0.2) is 52.2 Å². The number of fused-ring (bicyclic) bond motifs is 1. The number of anilines is 2. The van der Waals surface area contributed by atoms with Gasteiger partial charge in [0.15, 0.2) is 12.4 Å². The van der Waals surface area contributed by atoms with E-state index in [0.717, 1.165) is 24.1 Å². The van der Waals surface area contributed by atoms with Gasteiger partial charge in [0.1, 0.15) is 5.75 Å². The van der Waals surface area contributed by atoms with Crippen molar-refractivity contribution in [3.05, 3.63) is 100 Å². The molecule has 4 aromatic rings. The minimum atomic E-state index is -0.823. The number of nitrogens with one attached hydrogen (secondary N) is 3. The van der Waals surface area contributed by atoms with E-state index in [2.05, 4.69) is 21.1 Å². The number of hydroxylamine groups is 1. The van der Waals surface area contributed by atoms with Crippen LogP contribution in [0.15, 0.2) is 77.6 Å². The highest BCUT2D eigenvalue weighted by atomic mass is 32.1. The maximum Gasteiger partial charge on any atom is 0.269 e. The Labute approximate surface area is 262 Å². The molecule has 6 rings (SSSR count). The summed E-state index contributed by atoms with van der Waals surface area (Å²) in [5.74, 6) is -0.387. The zero-order chi connectivity index (χ0) is 31.3. The minimum Gasteiger partial charge on any atom is -0.482 e. The topological polar surface area (TPSA) is 165 Å². The summed E-state index contributed by atoms with van der Waals surface area (Å²) in [5.41, 5.74) is 13.5. The fourth-order valence-electron chi connectivity index (χ4n) is 4.77. The Balaban J connectivity index is 1.04. The van der Waals surface area contributed by atoms with Gasteiger partial charge in [-0.15, -0.1) is 11.3 Å². The average molecular weight is 627 g/mol. The zero-order valence-electron chi connectivity index (χ0n) is 24.0. The van der Waals surface area contributed by atoms with Crippen LogP contribution in [0.4, 0.5) is 11.4 Å². The van der Waals surface area contributed by atoms with Crippen molar-refractivity contribution in [2.75, 3.05) is 17.2 Å². The summed E-state index contributed by atoms with van der Waals surface area (Å²) in [6, 6.07) is 18.0. The molecule has 0 radical (unpaired) electrons. The van der Waals surface area contributed by atoms with Gasteiger partial charge in [0.2, 0.25) is 0 Å². The molecule has 2 aliphatic rings. The molecule has 2 heterocycles. The third kappa shape index (κ3) is 7.45. The van der Waals surface area contributed by atoms with E-state index in [9.17, 15) is 19.2 Å². The second kappa shape index (κ2) is 13.2. The van der Waals surface area contributed by atoms with Crippen LogP contribution in [0.3, 0.4) is 0 Å². The molecule has 1 aromatic heterocycles. The second-order valence-corrected chi connectivity index (χ2v) is 11.5. The van der Waals surface area contributed by atoms with E-state index in [4.69, 9.17) is 15.3 Å². The van der Waals surface area contributed by atoms with Gasteiger partial charge in [0, 0.05) is 47.3 Å². The first kappa shape index (κ1) is 29.8. The predicted octanol–water partition coefficient (Wildman–Crippen LogP) is 3.51. The molecule has 4 amide bonds. The van der Waals surface area contributed by atoms with Gasteiger partial charge < -0.3 is 30.8 Å². The van der Waals surface area contributed by atoms with Gasteiger partial charge in [-0.05, 0) is 60.9 Å². The predicted molar refractivity (Wildman–Crippen MR) is 167 cm³/mol. The number of rotatable bonds is 11. The number of ether oxygens (including phenoxy) is 1. The lowest BCUT2D eigenvalue weighted by Gasteiger charge is -2.24. The number of carbonyl (C=O) groups excluding carboxylic acids is 4. The SMILES string of the molecule is N[C@@H](Cc1cscn1)C(=O)NOc1cccc(NC(=O)c2ccc(CN(C(=O)c3ccc4c(c3)OCC(=O)N4)C3CC3)cc2)c1. The summed E-state index contributed by atoms with van der Waals surface area (Å²) < 4.78 is 5.48. The number of benzene rings is 3. The molecule has 1 fully saturated rings. The summed E-state index contributed by atoms with van der Waals surface area (Å²) in [5, 5.41) is 7.39. The first-order valence-electron chi connectivity index (χ1n) is 14.3. The summed E-state index contributed by atoms with van der Waals surface area (Å²) in [4.78, 5) is 61.6. The van der Waals surface area contributed by atoms with E-state index >= 15 is 0 Å². The Kier molecular flexibility index (Phi) is 8.71. The van der Waals surface area contributed by atoms with E-state index in [1.54, 1.807) is 60.1 Å². The molecule has 5 N–H and O–H groups in total. The smallest absolute Gasteiger partial charge is 0.269 e. The summed E-state index contributed by atoms with van der Waals surface area (Å²) >= 11 is 1.43. The lowest BCUT2D eigenvalue weighted by Crippen LogP contribution is -2.43. The highest BCUT2D eigenvalue weighted by Crippen LogP contribution is 2.33. The summed E-state index contributed by atoms with van der Waals surface area (Å²) in [7, 11) is 0. The average Bonchev–Trinajstić information content (AvgIpc) is 3.77. The fourth-order valence-corrected chi connectivity index (χ4v) is 5.34. The molecule has 0 saturated heterocycles. The molecule has 12 nitrogen and oxygen atoms in total.